The number of nitrogens with zero attached hydrogens (tertiary/aromatic N) is 3. The number of likely N-dealkylation sites (N-methyl/N-ethyl adjacent to an activating group) is 1. The number of halogens is 3. The molecule has 0 fully saturated rings. The summed E-state index contributed by atoms with van der Waals surface area (Å²) >= 11 is 1.06. The molecule has 0 aliphatic rings. The molecule has 0 aliphatic carbocycles. The lowest BCUT2D eigenvalue weighted by atomic mass is 10.1. The zero-order valence-electron chi connectivity index (χ0n) is 17.9. The van der Waals surface area contributed by atoms with E-state index in [9.17, 15) is 18.4 Å². The van der Waals surface area contributed by atoms with Crippen molar-refractivity contribution in [1.29, 1.82) is 0 Å². The van der Waals surface area contributed by atoms with Gasteiger partial charge in [0.15, 0.2) is 10.9 Å². The van der Waals surface area contributed by atoms with Crippen molar-refractivity contribution >= 4 is 51.0 Å². The van der Waals surface area contributed by atoms with Crippen LogP contribution in [0.3, 0.4) is 0 Å². The molecule has 6 nitrogen and oxygen atoms in total. The fourth-order valence-corrected chi connectivity index (χ4v) is 4.18. The van der Waals surface area contributed by atoms with Crippen LogP contribution in [0.5, 0.6) is 0 Å². The van der Waals surface area contributed by atoms with Gasteiger partial charge < -0.3 is 9.64 Å². The number of fused-ring (bicyclic) bond motifs is 1. The summed E-state index contributed by atoms with van der Waals surface area (Å²) in [5.41, 5.74) is 0.701. The highest BCUT2D eigenvalue weighted by atomic mass is 35.5. The smallest absolute Gasteiger partial charge is 0.337 e. The maximum atomic E-state index is 14.2. The van der Waals surface area contributed by atoms with Gasteiger partial charge in [-0.2, -0.15) is 0 Å². The van der Waals surface area contributed by atoms with Gasteiger partial charge in [0.2, 0.25) is 0 Å². The number of aromatic nitrogens is 1. The van der Waals surface area contributed by atoms with Crippen LogP contribution in [-0.2, 0) is 4.74 Å². The van der Waals surface area contributed by atoms with Crippen molar-refractivity contribution in [1.82, 2.24) is 9.88 Å². The first-order chi connectivity index (χ1) is 14.9. The van der Waals surface area contributed by atoms with Crippen LogP contribution in [0.2, 0.25) is 0 Å². The Kier molecular flexibility index (Phi) is 9.06. The Morgan fingerprint density at radius 3 is 2.25 bits per heavy atom. The number of benzene rings is 2. The molecule has 10 heteroatoms. The molecule has 0 aliphatic heterocycles. The Hall–Kier alpha value is -2.62. The molecule has 32 heavy (non-hydrogen) atoms. The van der Waals surface area contributed by atoms with E-state index in [1.54, 1.807) is 0 Å². The van der Waals surface area contributed by atoms with Crippen molar-refractivity contribution in [2.75, 3.05) is 38.2 Å². The van der Waals surface area contributed by atoms with Gasteiger partial charge in [-0.15, -0.1) is 12.4 Å². The predicted molar refractivity (Wildman–Crippen MR) is 124 cm³/mol. The Morgan fingerprint density at radius 1 is 1.03 bits per heavy atom. The number of thiazole rings is 1. The van der Waals surface area contributed by atoms with Crippen LogP contribution < -0.4 is 4.90 Å². The van der Waals surface area contributed by atoms with Crippen LogP contribution in [0.4, 0.5) is 13.9 Å². The summed E-state index contributed by atoms with van der Waals surface area (Å²) < 4.78 is 32.8. The summed E-state index contributed by atoms with van der Waals surface area (Å²) in [6, 6.07) is 8.07. The van der Waals surface area contributed by atoms with Gasteiger partial charge in [-0.25, -0.2) is 18.6 Å². The number of hydrogen-bond acceptors (Lipinski definition) is 6. The number of esters is 1. The van der Waals surface area contributed by atoms with Gasteiger partial charge in [0.05, 0.1) is 17.4 Å². The summed E-state index contributed by atoms with van der Waals surface area (Å²) in [5.74, 6) is -2.31. The molecule has 0 spiro atoms. The average Bonchev–Trinajstić information content (AvgIpc) is 3.20. The van der Waals surface area contributed by atoms with Crippen LogP contribution in [-0.4, -0.2) is 55.0 Å². The zero-order chi connectivity index (χ0) is 22.5. The Morgan fingerprint density at radius 2 is 1.66 bits per heavy atom. The van der Waals surface area contributed by atoms with Crippen LogP contribution in [0, 0.1) is 11.6 Å². The number of amides is 1. The number of rotatable bonds is 8. The molecular formula is C22H24ClF2N3O3S. The van der Waals surface area contributed by atoms with Crippen molar-refractivity contribution in [3.05, 3.63) is 59.2 Å². The molecule has 0 radical (unpaired) electrons. The highest BCUT2D eigenvalue weighted by Crippen LogP contribution is 2.32. The summed E-state index contributed by atoms with van der Waals surface area (Å²) in [4.78, 5) is 32.8. The predicted octanol–water partition coefficient (Wildman–Crippen LogP) is 4.77. The third kappa shape index (κ3) is 5.59. The van der Waals surface area contributed by atoms with Crippen LogP contribution >= 0.6 is 23.7 Å². The summed E-state index contributed by atoms with van der Waals surface area (Å²) in [6.07, 6.45) is 0. The van der Waals surface area contributed by atoms with Crippen LogP contribution in [0.25, 0.3) is 10.2 Å². The summed E-state index contributed by atoms with van der Waals surface area (Å²) in [5, 5.41) is 0.286. The van der Waals surface area contributed by atoms with E-state index in [4.69, 9.17) is 0 Å². The first-order valence-electron chi connectivity index (χ1n) is 9.86. The van der Waals surface area contributed by atoms with Gasteiger partial charge in [0.1, 0.15) is 11.3 Å². The van der Waals surface area contributed by atoms with Crippen LogP contribution in [0.15, 0.2) is 36.4 Å². The van der Waals surface area contributed by atoms with Gasteiger partial charge >= 0.3 is 5.97 Å². The first-order valence-corrected chi connectivity index (χ1v) is 10.7. The van der Waals surface area contributed by atoms with Gasteiger partial charge in [0, 0.05) is 24.7 Å². The molecule has 0 bridgehead atoms. The molecule has 172 valence electrons. The van der Waals surface area contributed by atoms with Gasteiger partial charge in [-0.3, -0.25) is 9.69 Å². The largest absolute Gasteiger partial charge is 0.465 e. The maximum Gasteiger partial charge on any atom is 0.337 e. The van der Waals surface area contributed by atoms with Gasteiger partial charge in [-0.1, -0.05) is 25.2 Å². The minimum atomic E-state index is -0.768. The van der Waals surface area contributed by atoms with E-state index >= 15 is 0 Å². The van der Waals surface area contributed by atoms with Crippen molar-refractivity contribution in [3.8, 4) is 0 Å². The Balaban J connectivity index is 0.00000363. The molecule has 0 N–H and O–H groups in total. The van der Waals surface area contributed by atoms with E-state index in [2.05, 4.69) is 14.6 Å². The second-order valence-electron chi connectivity index (χ2n) is 6.78. The normalized spacial score (nSPS) is 10.8. The van der Waals surface area contributed by atoms with Crippen molar-refractivity contribution in [2.45, 2.75) is 13.8 Å². The van der Waals surface area contributed by atoms with Gasteiger partial charge in [-0.05, 0) is 43.4 Å². The van der Waals surface area contributed by atoms with Crippen molar-refractivity contribution in [2.24, 2.45) is 0 Å². The monoisotopic (exact) mass is 483 g/mol. The number of hydrogen-bond donors (Lipinski definition) is 0. The molecule has 1 heterocycles. The summed E-state index contributed by atoms with van der Waals surface area (Å²) in [7, 11) is 1.28. The fourth-order valence-electron chi connectivity index (χ4n) is 3.15. The highest BCUT2D eigenvalue weighted by Gasteiger charge is 2.23. The molecule has 2 aromatic carbocycles. The lowest BCUT2D eigenvalue weighted by Crippen LogP contribution is -2.38. The number of carbonyl (C=O) groups is 2. The van der Waals surface area contributed by atoms with E-state index in [1.807, 2.05) is 13.8 Å². The third-order valence-electron chi connectivity index (χ3n) is 4.97. The number of ether oxygens (including phenoxy) is 1. The molecule has 3 aromatic rings. The summed E-state index contributed by atoms with van der Waals surface area (Å²) in [6.45, 7) is 6.58. The van der Waals surface area contributed by atoms with E-state index in [-0.39, 0.29) is 29.0 Å². The molecule has 0 saturated heterocycles. The minimum Gasteiger partial charge on any atom is -0.465 e. The first kappa shape index (κ1) is 25.6. The van der Waals surface area contributed by atoms with E-state index in [1.165, 1.54) is 42.3 Å². The molecule has 0 saturated carbocycles. The molecule has 0 unspecified atom stereocenters. The SMILES string of the molecule is CCN(CC)CCN(C(=O)c1ccc(C(=O)OC)cc1)c1nc2c(F)cc(F)cc2s1.Cl. The second kappa shape index (κ2) is 11.3. The number of methoxy groups -OCH3 is 1. The highest BCUT2D eigenvalue weighted by molar-refractivity contribution is 7.22. The van der Waals surface area contributed by atoms with E-state index < -0.39 is 17.6 Å². The van der Waals surface area contributed by atoms with Crippen LogP contribution in [0.1, 0.15) is 34.6 Å². The zero-order valence-corrected chi connectivity index (χ0v) is 19.6. The topological polar surface area (TPSA) is 62.7 Å². The molecule has 0 atom stereocenters. The standard InChI is InChI=1S/C22H23F2N3O3S.ClH/c1-4-26(5-2)10-11-27(20(28)14-6-8-15(9-7-14)21(29)30-3)22-25-19-17(24)12-16(23)13-18(19)31-22;/h6-9,12-13H,4-5,10-11H2,1-3H3;1H. The lowest BCUT2D eigenvalue weighted by molar-refractivity contribution is 0.0600. The Bertz CT molecular complexity index is 1090. The second-order valence-corrected chi connectivity index (χ2v) is 7.79. The van der Waals surface area contributed by atoms with Crippen molar-refractivity contribution < 1.29 is 23.1 Å². The number of carbonyl (C=O) groups excluding carboxylic acids is 2. The Labute approximate surface area is 195 Å². The quantitative estimate of drug-likeness (QED) is 0.432. The molecule has 1 aromatic heterocycles. The lowest BCUT2D eigenvalue weighted by Gasteiger charge is -2.24. The van der Waals surface area contributed by atoms with Crippen molar-refractivity contribution in [3.63, 3.8) is 0 Å². The fraction of sp³-hybridized carbons (Fsp3) is 0.318. The third-order valence-corrected chi connectivity index (χ3v) is 5.99. The minimum absolute atomic E-state index is 0. The molecule has 3 rings (SSSR count). The molecular weight excluding hydrogens is 460 g/mol. The van der Waals surface area contributed by atoms with E-state index in [0.29, 0.717) is 28.9 Å². The maximum absolute atomic E-state index is 14.2. The number of anilines is 1. The van der Waals surface area contributed by atoms with E-state index in [0.717, 1.165) is 30.5 Å². The average molecular weight is 484 g/mol. The molecule has 1 amide bonds. The van der Waals surface area contributed by atoms with Gasteiger partial charge in [0.25, 0.3) is 5.91 Å².